The summed E-state index contributed by atoms with van der Waals surface area (Å²) in [6.07, 6.45) is 0.569. The van der Waals surface area contributed by atoms with Gasteiger partial charge >= 0.3 is 0 Å². The van der Waals surface area contributed by atoms with Crippen LogP contribution in [0.5, 0.6) is 0 Å². The van der Waals surface area contributed by atoms with Gasteiger partial charge in [0.1, 0.15) is 6.04 Å². The molecule has 0 fully saturated rings. The van der Waals surface area contributed by atoms with Crippen LogP contribution in [0.4, 0.5) is 5.69 Å². The molecule has 0 aliphatic carbocycles. The van der Waals surface area contributed by atoms with Crippen molar-refractivity contribution >= 4 is 47.2 Å². The molecular weight excluding hydrogens is 439 g/mol. The Bertz CT molecular complexity index is 1010. The van der Waals surface area contributed by atoms with Gasteiger partial charge in [-0.3, -0.25) is 4.79 Å². The van der Waals surface area contributed by atoms with E-state index in [4.69, 9.17) is 28.9 Å². The van der Waals surface area contributed by atoms with E-state index in [1.165, 1.54) is 5.56 Å². The van der Waals surface area contributed by atoms with Gasteiger partial charge in [-0.05, 0) is 72.9 Å². The summed E-state index contributed by atoms with van der Waals surface area (Å²) in [6.45, 7) is 4.53. The van der Waals surface area contributed by atoms with Gasteiger partial charge in [0.15, 0.2) is 0 Å². The summed E-state index contributed by atoms with van der Waals surface area (Å²) in [4.78, 5) is 15.1. The van der Waals surface area contributed by atoms with Crippen molar-refractivity contribution in [1.82, 2.24) is 0 Å². The molecular formula is C24H25Cl3N2O. The summed E-state index contributed by atoms with van der Waals surface area (Å²) in [5, 5.41) is 1.25. The highest BCUT2D eigenvalue weighted by atomic mass is 35.5. The predicted octanol–water partition coefficient (Wildman–Crippen LogP) is 6.31. The Morgan fingerprint density at radius 3 is 2.33 bits per heavy atom. The fourth-order valence-electron chi connectivity index (χ4n) is 3.20. The minimum atomic E-state index is -0.743. The molecule has 2 N–H and O–H groups in total. The van der Waals surface area contributed by atoms with Crippen LogP contribution >= 0.6 is 35.6 Å². The van der Waals surface area contributed by atoms with Crippen molar-refractivity contribution in [1.29, 1.82) is 0 Å². The molecule has 1 amide bonds. The number of anilines is 1. The van der Waals surface area contributed by atoms with E-state index in [0.717, 1.165) is 22.4 Å². The zero-order valence-electron chi connectivity index (χ0n) is 16.9. The lowest BCUT2D eigenvalue weighted by molar-refractivity contribution is -0.120. The number of aryl methyl sites for hydroxylation is 2. The molecule has 3 aromatic carbocycles. The number of rotatable bonds is 6. The molecule has 30 heavy (non-hydrogen) atoms. The van der Waals surface area contributed by atoms with E-state index < -0.39 is 6.04 Å². The van der Waals surface area contributed by atoms with Crippen LogP contribution in [0.25, 0.3) is 0 Å². The number of hydrogen-bond donors (Lipinski definition) is 1. The molecule has 0 bridgehead atoms. The largest absolute Gasteiger partial charge is 0.316 e. The molecule has 1 atom stereocenters. The van der Waals surface area contributed by atoms with Gasteiger partial charge in [-0.2, -0.15) is 0 Å². The molecule has 0 aliphatic rings. The number of nitrogens with zero attached hydrogens (tertiary/aromatic N) is 1. The fraction of sp³-hybridized carbons (Fsp3) is 0.208. The van der Waals surface area contributed by atoms with Gasteiger partial charge in [-0.25, -0.2) is 0 Å². The van der Waals surface area contributed by atoms with Crippen molar-refractivity contribution in [2.45, 2.75) is 26.3 Å². The zero-order valence-corrected chi connectivity index (χ0v) is 19.3. The molecule has 0 spiro atoms. The van der Waals surface area contributed by atoms with Crippen LogP contribution in [-0.2, 0) is 11.2 Å². The Morgan fingerprint density at radius 2 is 1.67 bits per heavy atom. The Morgan fingerprint density at radius 1 is 0.967 bits per heavy atom. The monoisotopic (exact) mass is 462 g/mol. The van der Waals surface area contributed by atoms with Gasteiger partial charge in [-0.15, -0.1) is 12.4 Å². The summed E-state index contributed by atoms with van der Waals surface area (Å²) < 4.78 is 0. The second kappa shape index (κ2) is 10.8. The second-order valence-electron chi connectivity index (χ2n) is 7.13. The molecule has 0 aromatic heterocycles. The minimum Gasteiger partial charge on any atom is -0.316 e. The van der Waals surface area contributed by atoms with E-state index in [0.29, 0.717) is 23.0 Å². The first kappa shape index (κ1) is 24.2. The van der Waals surface area contributed by atoms with Crippen LogP contribution in [0.3, 0.4) is 0 Å². The fourth-order valence-corrected chi connectivity index (χ4v) is 3.60. The SMILES string of the molecule is Cc1ccc(N(CCc2cc(Cl)ccc2Cl)C(=O)C(N)c2ccccc2)cc1C.Cl. The lowest BCUT2D eigenvalue weighted by atomic mass is 10.0. The van der Waals surface area contributed by atoms with E-state index in [1.807, 2.05) is 68.4 Å². The van der Waals surface area contributed by atoms with Crippen LogP contribution in [0.1, 0.15) is 28.3 Å². The third kappa shape index (κ3) is 5.77. The van der Waals surface area contributed by atoms with E-state index in [1.54, 1.807) is 17.0 Å². The minimum absolute atomic E-state index is 0. The summed E-state index contributed by atoms with van der Waals surface area (Å²) in [5.74, 6) is -0.155. The topological polar surface area (TPSA) is 46.3 Å². The molecule has 6 heteroatoms. The van der Waals surface area contributed by atoms with Crippen LogP contribution in [0, 0.1) is 13.8 Å². The molecule has 3 aromatic rings. The molecule has 0 saturated heterocycles. The molecule has 0 aliphatic heterocycles. The van der Waals surface area contributed by atoms with Crippen molar-refractivity contribution in [3.05, 3.63) is 99.0 Å². The second-order valence-corrected chi connectivity index (χ2v) is 7.98. The van der Waals surface area contributed by atoms with Crippen molar-refractivity contribution in [2.75, 3.05) is 11.4 Å². The van der Waals surface area contributed by atoms with Gasteiger partial charge in [-0.1, -0.05) is 59.6 Å². The van der Waals surface area contributed by atoms with Crippen molar-refractivity contribution in [2.24, 2.45) is 5.73 Å². The average molecular weight is 464 g/mol. The van der Waals surface area contributed by atoms with E-state index in [-0.39, 0.29) is 18.3 Å². The highest BCUT2D eigenvalue weighted by Gasteiger charge is 2.24. The maximum absolute atomic E-state index is 13.4. The zero-order chi connectivity index (χ0) is 21.0. The first-order valence-corrected chi connectivity index (χ1v) is 10.3. The van der Waals surface area contributed by atoms with E-state index in [9.17, 15) is 4.79 Å². The normalized spacial score (nSPS) is 11.5. The number of halogens is 3. The van der Waals surface area contributed by atoms with Crippen LogP contribution < -0.4 is 10.6 Å². The first-order valence-electron chi connectivity index (χ1n) is 9.50. The third-order valence-electron chi connectivity index (χ3n) is 5.11. The Kier molecular flexibility index (Phi) is 8.75. The Balaban J connectivity index is 0.00000320. The number of carbonyl (C=O) groups excluding carboxylic acids is 1. The maximum Gasteiger partial charge on any atom is 0.248 e. The first-order chi connectivity index (χ1) is 13.9. The van der Waals surface area contributed by atoms with Crippen molar-refractivity contribution in [3.8, 4) is 0 Å². The standard InChI is InChI=1S/C24H24Cl2N2O.ClH/c1-16-8-10-21(14-17(16)2)28(13-12-19-15-20(25)9-11-22(19)26)24(29)23(27)18-6-4-3-5-7-18;/h3-11,14-15,23H,12-13,27H2,1-2H3;1H. The van der Waals surface area contributed by atoms with E-state index >= 15 is 0 Å². The van der Waals surface area contributed by atoms with Gasteiger partial charge in [0.05, 0.1) is 0 Å². The van der Waals surface area contributed by atoms with Crippen molar-refractivity contribution in [3.63, 3.8) is 0 Å². The summed E-state index contributed by atoms with van der Waals surface area (Å²) in [6, 6.07) is 20.0. The predicted molar refractivity (Wildman–Crippen MR) is 129 cm³/mol. The average Bonchev–Trinajstić information content (AvgIpc) is 2.73. The molecule has 1 unspecified atom stereocenters. The quantitative estimate of drug-likeness (QED) is 0.466. The highest BCUT2D eigenvalue weighted by molar-refractivity contribution is 6.33. The number of amides is 1. The van der Waals surface area contributed by atoms with Gasteiger partial charge in [0.2, 0.25) is 5.91 Å². The Hall–Kier alpha value is -2.04. The molecule has 3 nitrogen and oxygen atoms in total. The number of benzene rings is 3. The highest BCUT2D eigenvalue weighted by Crippen LogP contribution is 2.25. The molecule has 0 heterocycles. The van der Waals surface area contributed by atoms with Crippen LogP contribution in [-0.4, -0.2) is 12.5 Å². The van der Waals surface area contributed by atoms with E-state index in [2.05, 4.69) is 0 Å². The lowest BCUT2D eigenvalue weighted by Crippen LogP contribution is -2.40. The third-order valence-corrected chi connectivity index (χ3v) is 5.71. The molecule has 3 rings (SSSR count). The van der Waals surface area contributed by atoms with Gasteiger partial charge in [0, 0.05) is 22.3 Å². The number of hydrogen-bond acceptors (Lipinski definition) is 2. The molecule has 0 radical (unpaired) electrons. The molecule has 158 valence electrons. The van der Waals surface area contributed by atoms with Crippen molar-refractivity contribution < 1.29 is 4.79 Å². The summed E-state index contributed by atoms with van der Waals surface area (Å²) >= 11 is 12.4. The maximum atomic E-state index is 13.4. The van der Waals surface area contributed by atoms with Gasteiger partial charge in [0.25, 0.3) is 0 Å². The summed E-state index contributed by atoms with van der Waals surface area (Å²) in [7, 11) is 0. The summed E-state index contributed by atoms with van der Waals surface area (Å²) in [5.41, 5.74) is 11.1. The Labute approximate surface area is 194 Å². The smallest absolute Gasteiger partial charge is 0.248 e. The molecule has 0 saturated carbocycles. The van der Waals surface area contributed by atoms with Crippen LogP contribution in [0.15, 0.2) is 66.7 Å². The van der Waals surface area contributed by atoms with Gasteiger partial charge < -0.3 is 10.6 Å². The lowest BCUT2D eigenvalue weighted by Gasteiger charge is -2.27. The number of carbonyl (C=O) groups is 1. The number of nitrogens with two attached hydrogens (primary N) is 1. The van der Waals surface area contributed by atoms with Crippen LogP contribution in [0.2, 0.25) is 10.0 Å².